The van der Waals surface area contributed by atoms with Gasteiger partial charge in [0.1, 0.15) is 5.75 Å². The van der Waals surface area contributed by atoms with Gasteiger partial charge in [0.15, 0.2) is 5.96 Å². The van der Waals surface area contributed by atoms with Crippen molar-refractivity contribution in [3.05, 3.63) is 29.8 Å². The Labute approximate surface area is 156 Å². The van der Waals surface area contributed by atoms with Gasteiger partial charge in [-0.3, -0.25) is 9.79 Å². The molecule has 2 rings (SSSR count). The number of hydrogen-bond donors (Lipinski definition) is 2. The largest absolute Gasteiger partial charge is 0.493 e. The van der Waals surface area contributed by atoms with Gasteiger partial charge >= 0.3 is 0 Å². The van der Waals surface area contributed by atoms with E-state index in [1.54, 1.807) is 7.05 Å². The number of benzene rings is 1. The number of guanidine groups is 1. The number of carbonyl (C=O) groups is 1. The lowest BCUT2D eigenvalue weighted by Gasteiger charge is -2.34. The van der Waals surface area contributed by atoms with Gasteiger partial charge in [0.05, 0.1) is 6.61 Å². The van der Waals surface area contributed by atoms with E-state index >= 15 is 0 Å². The smallest absolute Gasteiger partial charge is 0.217 e. The molecule has 6 heteroatoms. The van der Waals surface area contributed by atoms with Crippen LogP contribution in [0.5, 0.6) is 5.75 Å². The number of rotatable bonds is 7. The fourth-order valence-electron chi connectivity index (χ4n) is 3.23. The molecule has 0 bridgehead atoms. The van der Waals surface area contributed by atoms with Crippen LogP contribution in [0.2, 0.25) is 0 Å². The van der Waals surface area contributed by atoms with Gasteiger partial charge in [-0.25, -0.2) is 0 Å². The molecule has 144 valence electrons. The molecule has 1 aliphatic rings. The van der Waals surface area contributed by atoms with Gasteiger partial charge < -0.3 is 20.7 Å². The summed E-state index contributed by atoms with van der Waals surface area (Å²) in [4.78, 5) is 17.8. The summed E-state index contributed by atoms with van der Waals surface area (Å²) in [5.41, 5.74) is 6.51. The lowest BCUT2D eigenvalue weighted by atomic mass is 9.95. The van der Waals surface area contributed by atoms with Crippen LogP contribution in [0.4, 0.5) is 0 Å². The molecule has 1 amide bonds. The Balaban J connectivity index is 1.90. The van der Waals surface area contributed by atoms with Gasteiger partial charge in [-0.1, -0.05) is 26.0 Å². The van der Waals surface area contributed by atoms with E-state index in [-0.39, 0.29) is 5.91 Å². The van der Waals surface area contributed by atoms with Crippen molar-refractivity contribution in [1.82, 2.24) is 10.2 Å². The minimum absolute atomic E-state index is 0.224. The molecular formula is C20H32N4O2. The Morgan fingerprint density at radius 3 is 2.96 bits per heavy atom. The van der Waals surface area contributed by atoms with Crippen molar-refractivity contribution in [3.63, 3.8) is 0 Å². The molecule has 1 aromatic rings. The molecule has 0 radical (unpaired) electrons. The average molecular weight is 361 g/mol. The maximum absolute atomic E-state index is 11.2. The highest BCUT2D eigenvalue weighted by atomic mass is 16.5. The van der Waals surface area contributed by atoms with E-state index in [0.29, 0.717) is 31.4 Å². The maximum Gasteiger partial charge on any atom is 0.217 e. The monoisotopic (exact) mass is 360 g/mol. The number of amides is 1. The first kappa shape index (κ1) is 20.1. The summed E-state index contributed by atoms with van der Waals surface area (Å²) in [7, 11) is 1.79. The van der Waals surface area contributed by atoms with Gasteiger partial charge in [0.25, 0.3) is 0 Å². The summed E-state index contributed by atoms with van der Waals surface area (Å²) in [6.07, 6.45) is 2.55. The fourth-order valence-corrected chi connectivity index (χ4v) is 3.23. The number of piperidine rings is 1. The van der Waals surface area contributed by atoms with Crippen LogP contribution in [0.25, 0.3) is 0 Å². The molecule has 0 saturated carbocycles. The number of aliphatic imine (C=N–C) groups is 1. The van der Waals surface area contributed by atoms with Gasteiger partial charge in [-0.15, -0.1) is 0 Å². The van der Waals surface area contributed by atoms with Crippen molar-refractivity contribution in [2.45, 2.75) is 39.7 Å². The highest BCUT2D eigenvalue weighted by Crippen LogP contribution is 2.20. The minimum Gasteiger partial charge on any atom is -0.493 e. The SMILES string of the molecule is CN=C(NCc1cccc(OCC(C)C)c1)N1CCCC(CC(N)=O)C1. The molecule has 6 nitrogen and oxygen atoms in total. The number of carbonyl (C=O) groups excluding carboxylic acids is 1. The third-order valence-electron chi connectivity index (χ3n) is 4.45. The predicted molar refractivity (Wildman–Crippen MR) is 105 cm³/mol. The van der Waals surface area contributed by atoms with Gasteiger partial charge in [-0.2, -0.15) is 0 Å². The second kappa shape index (κ2) is 10.0. The number of hydrogen-bond acceptors (Lipinski definition) is 3. The number of nitrogens with zero attached hydrogens (tertiary/aromatic N) is 2. The Bertz CT molecular complexity index is 616. The highest BCUT2D eigenvalue weighted by Gasteiger charge is 2.23. The lowest BCUT2D eigenvalue weighted by molar-refractivity contribution is -0.119. The molecule has 1 saturated heterocycles. The summed E-state index contributed by atoms with van der Waals surface area (Å²) in [6, 6.07) is 8.14. The summed E-state index contributed by atoms with van der Waals surface area (Å²) >= 11 is 0. The van der Waals surface area contributed by atoms with Crippen molar-refractivity contribution < 1.29 is 9.53 Å². The zero-order valence-corrected chi connectivity index (χ0v) is 16.2. The van der Waals surface area contributed by atoms with Crippen molar-refractivity contribution in [3.8, 4) is 5.75 Å². The van der Waals surface area contributed by atoms with Crippen LogP contribution in [-0.2, 0) is 11.3 Å². The quantitative estimate of drug-likeness (QED) is 0.578. The molecular weight excluding hydrogens is 328 g/mol. The van der Waals surface area contributed by atoms with Crippen LogP contribution in [0.15, 0.2) is 29.3 Å². The zero-order valence-electron chi connectivity index (χ0n) is 16.2. The second-order valence-corrected chi connectivity index (χ2v) is 7.38. The fraction of sp³-hybridized carbons (Fsp3) is 0.600. The normalized spacial score (nSPS) is 18.1. The minimum atomic E-state index is -0.224. The van der Waals surface area contributed by atoms with Crippen LogP contribution in [-0.4, -0.2) is 43.5 Å². The molecule has 0 aliphatic carbocycles. The van der Waals surface area contributed by atoms with Crippen molar-refractivity contribution >= 4 is 11.9 Å². The van der Waals surface area contributed by atoms with E-state index in [2.05, 4.69) is 41.2 Å². The standard InChI is InChI=1S/C20H32N4O2/c1-15(2)14-26-18-8-4-6-16(10-18)12-23-20(22-3)24-9-5-7-17(13-24)11-19(21)25/h4,6,8,10,15,17H,5,7,9,11-14H2,1-3H3,(H2,21,25)(H,22,23). The number of likely N-dealkylation sites (tertiary alicyclic amines) is 1. The lowest BCUT2D eigenvalue weighted by Crippen LogP contribution is -2.46. The molecule has 1 atom stereocenters. The van der Waals surface area contributed by atoms with Gasteiger partial charge in [-0.05, 0) is 42.4 Å². The molecule has 1 unspecified atom stereocenters. The Hall–Kier alpha value is -2.24. The second-order valence-electron chi connectivity index (χ2n) is 7.38. The number of nitrogens with two attached hydrogens (primary N) is 1. The van der Waals surface area contributed by atoms with Crippen LogP contribution >= 0.6 is 0 Å². The van der Waals surface area contributed by atoms with E-state index in [1.165, 1.54) is 0 Å². The Kier molecular flexibility index (Phi) is 7.75. The molecule has 1 fully saturated rings. The topological polar surface area (TPSA) is 80.0 Å². The first-order valence-electron chi connectivity index (χ1n) is 9.43. The maximum atomic E-state index is 11.2. The third kappa shape index (κ3) is 6.58. The van der Waals surface area contributed by atoms with Crippen LogP contribution < -0.4 is 15.8 Å². The number of nitrogens with one attached hydrogen (secondary N) is 1. The van der Waals surface area contributed by atoms with Crippen LogP contribution in [0.3, 0.4) is 0 Å². The molecule has 0 spiro atoms. The summed E-state index contributed by atoms with van der Waals surface area (Å²) in [5, 5.41) is 3.43. The van der Waals surface area contributed by atoms with E-state index in [4.69, 9.17) is 10.5 Å². The van der Waals surface area contributed by atoms with Crippen LogP contribution in [0, 0.1) is 11.8 Å². The van der Waals surface area contributed by atoms with E-state index in [1.807, 2.05) is 12.1 Å². The van der Waals surface area contributed by atoms with Gasteiger partial charge in [0, 0.05) is 33.1 Å². The molecule has 1 aromatic carbocycles. The molecule has 0 aromatic heterocycles. The zero-order chi connectivity index (χ0) is 18.9. The van der Waals surface area contributed by atoms with Crippen molar-refractivity contribution in [2.24, 2.45) is 22.6 Å². The molecule has 1 heterocycles. The van der Waals surface area contributed by atoms with E-state index in [9.17, 15) is 4.79 Å². The Morgan fingerprint density at radius 1 is 1.46 bits per heavy atom. The first-order chi connectivity index (χ1) is 12.5. The summed E-state index contributed by atoms with van der Waals surface area (Å²) in [5.74, 6) is 2.36. The summed E-state index contributed by atoms with van der Waals surface area (Å²) < 4.78 is 5.80. The Morgan fingerprint density at radius 2 is 2.27 bits per heavy atom. The summed E-state index contributed by atoms with van der Waals surface area (Å²) in [6.45, 7) is 7.45. The molecule has 3 N–H and O–H groups in total. The van der Waals surface area contributed by atoms with E-state index < -0.39 is 0 Å². The van der Waals surface area contributed by atoms with E-state index in [0.717, 1.165) is 43.2 Å². The molecule has 1 aliphatic heterocycles. The first-order valence-corrected chi connectivity index (χ1v) is 9.43. The average Bonchev–Trinajstić information content (AvgIpc) is 2.61. The van der Waals surface area contributed by atoms with Gasteiger partial charge in [0.2, 0.25) is 5.91 Å². The number of ether oxygens (including phenoxy) is 1. The van der Waals surface area contributed by atoms with Crippen molar-refractivity contribution in [1.29, 1.82) is 0 Å². The molecule has 26 heavy (non-hydrogen) atoms. The van der Waals surface area contributed by atoms with Crippen LogP contribution in [0.1, 0.15) is 38.7 Å². The third-order valence-corrected chi connectivity index (χ3v) is 4.45. The number of primary amides is 1. The predicted octanol–water partition coefficient (Wildman–Crippen LogP) is 2.38. The van der Waals surface area contributed by atoms with Crippen molar-refractivity contribution in [2.75, 3.05) is 26.7 Å². The highest BCUT2D eigenvalue weighted by molar-refractivity contribution is 5.80.